The van der Waals surface area contributed by atoms with Crippen molar-refractivity contribution in [2.24, 2.45) is 0 Å². The minimum absolute atomic E-state index is 0.720. The normalized spacial score (nSPS) is 18.9. The van der Waals surface area contributed by atoms with Crippen molar-refractivity contribution in [1.29, 1.82) is 0 Å². The topological polar surface area (TPSA) is 76.0 Å². The number of hydrogen-bond acceptors (Lipinski definition) is 4. The van der Waals surface area contributed by atoms with Gasteiger partial charge in [-0.25, -0.2) is 13.5 Å². The van der Waals surface area contributed by atoms with Crippen molar-refractivity contribution < 1.29 is 98.2 Å². The Balaban J connectivity index is 6.64. The van der Waals surface area contributed by atoms with E-state index in [0.717, 1.165) is 0 Å². The van der Waals surface area contributed by atoms with Gasteiger partial charge in [0.1, 0.15) is 0 Å². The van der Waals surface area contributed by atoms with Crippen LogP contribution in [0.1, 0.15) is 6.92 Å². The van der Waals surface area contributed by atoms with Crippen LogP contribution in [-0.2, 0) is 13.6 Å². The predicted molar refractivity (Wildman–Crippen MR) is 83.7 cm³/mol. The Hall–Kier alpha value is -0.830. The highest BCUT2D eigenvalue weighted by atomic mass is 35.5. The van der Waals surface area contributed by atoms with E-state index in [9.17, 15) is 79.2 Å². The molecule has 3 unspecified atom stereocenters. The summed E-state index contributed by atoms with van der Waals surface area (Å²) in [6.07, 6.45) is -14.3. The molecule has 0 bridgehead atoms. The number of phosphoric acid groups is 1. The van der Waals surface area contributed by atoms with Gasteiger partial charge in [-0.1, -0.05) is 0 Å². The van der Waals surface area contributed by atoms with Gasteiger partial charge in [-0.15, -0.1) is 11.6 Å². The number of aliphatic hydroxyl groups excluding tert-OH is 1. The SMILES string of the molecule is CC(F)C(F)(F)C(F)(F)C(F)(F)C(F)(F)C(F)(F)C(F)(F)C(F)(F)C(F)(F)OP(=O)(O)OCC(O)CCl. The fourth-order valence-electron chi connectivity index (χ4n) is 1.88. The molecule has 0 aliphatic carbocycles. The van der Waals surface area contributed by atoms with E-state index in [-0.39, 0.29) is 0 Å². The maximum absolute atomic E-state index is 13.6. The molecule has 0 spiro atoms. The average Bonchev–Trinajstić information content (AvgIpc) is 2.69. The zero-order valence-electron chi connectivity index (χ0n) is 16.9. The van der Waals surface area contributed by atoms with Gasteiger partial charge in [-0.05, 0) is 6.92 Å². The van der Waals surface area contributed by atoms with E-state index in [2.05, 4.69) is 9.05 Å². The zero-order valence-corrected chi connectivity index (χ0v) is 18.6. The van der Waals surface area contributed by atoms with Crippen molar-refractivity contribution in [3.63, 3.8) is 0 Å². The predicted octanol–water partition coefficient (Wildman–Crippen LogP) is 6.12. The van der Waals surface area contributed by atoms with E-state index in [1.54, 1.807) is 0 Å². The molecule has 0 aliphatic rings. The van der Waals surface area contributed by atoms with Crippen LogP contribution in [0.25, 0.3) is 0 Å². The monoisotopic (exact) mass is 636 g/mol. The molecule has 0 aromatic rings. The summed E-state index contributed by atoms with van der Waals surface area (Å²) in [7, 11) is -6.86. The van der Waals surface area contributed by atoms with Gasteiger partial charge in [-0.3, -0.25) is 4.52 Å². The molecular weight excluding hydrogens is 626 g/mol. The third-order valence-corrected chi connectivity index (χ3v) is 5.39. The highest BCUT2D eigenvalue weighted by Gasteiger charge is 2.95. The van der Waals surface area contributed by atoms with Crippen LogP contribution in [0.15, 0.2) is 0 Å². The lowest BCUT2D eigenvalue weighted by molar-refractivity contribution is -0.467. The molecule has 3 atom stereocenters. The second kappa shape index (κ2) is 10.3. The maximum Gasteiger partial charge on any atom is 0.477 e. The number of phosphoric ester groups is 1. The number of alkyl halides is 18. The van der Waals surface area contributed by atoms with Gasteiger partial charge in [0, 0.05) is 0 Å². The van der Waals surface area contributed by atoms with Crippen LogP contribution in [0, 0.1) is 0 Å². The molecule has 224 valence electrons. The average molecular weight is 637 g/mol. The zero-order chi connectivity index (χ0) is 30.5. The molecule has 0 heterocycles. The Bertz CT molecular complexity index is 851. The minimum atomic E-state index is -8.84. The Morgan fingerprint density at radius 1 is 0.730 bits per heavy atom. The molecule has 0 fully saturated rings. The van der Waals surface area contributed by atoms with E-state index < -0.39 is 87.1 Å². The first kappa shape index (κ1) is 36.2. The summed E-state index contributed by atoms with van der Waals surface area (Å²) < 4.78 is 245. The summed E-state index contributed by atoms with van der Waals surface area (Å²) in [4.78, 5) is 8.79. The van der Waals surface area contributed by atoms with E-state index in [0.29, 0.717) is 0 Å². The van der Waals surface area contributed by atoms with Gasteiger partial charge in [0.05, 0.1) is 18.6 Å². The van der Waals surface area contributed by atoms with Gasteiger partial charge in [0.25, 0.3) is 0 Å². The molecule has 0 saturated heterocycles. The van der Waals surface area contributed by atoms with Crippen LogP contribution < -0.4 is 0 Å². The first-order chi connectivity index (χ1) is 15.9. The van der Waals surface area contributed by atoms with Crippen LogP contribution in [0.3, 0.4) is 0 Å². The minimum Gasteiger partial charge on any atom is -0.389 e. The van der Waals surface area contributed by atoms with Gasteiger partial charge >= 0.3 is 55.4 Å². The van der Waals surface area contributed by atoms with Crippen molar-refractivity contribution in [1.82, 2.24) is 0 Å². The lowest BCUT2D eigenvalue weighted by Gasteiger charge is -2.43. The van der Waals surface area contributed by atoms with Gasteiger partial charge in [0.15, 0.2) is 6.17 Å². The van der Waals surface area contributed by atoms with Crippen molar-refractivity contribution in [2.45, 2.75) is 66.8 Å². The largest absolute Gasteiger partial charge is 0.477 e. The standard InChI is InChI=1S/C13H11ClF17O5P/c1-4(15)6(16,17)7(18,19)8(20,21)9(22,23)10(24,25)11(26,27)12(28,29)13(30,31)36-37(33,34)35-3-5(32)2-14/h4-5,32H,2-3H2,1H3,(H,33,34). The summed E-state index contributed by atoms with van der Waals surface area (Å²) >= 11 is 4.91. The molecule has 0 aromatic heterocycles. The molecule has 0 rings (SSSR count). The summed E-state index contributed by atoms with van der Waals surface area (Å²) in [6, 6.07) is 0. The van der Waals surface area contributed by atoms with E-state index in [1.165, 1.54) is 0 Å². The van der Waals surface area contributed by atoms with Crippen molar-refractivity contribution in [3.8, 4) is 0 Å². The maximum atomic E-state index is 13.6. The molecule has 5 nitrogen and oxygen atoms in total. The van der Waals surface area contributed by atoms with E-state index >= 15 is 0 Å². The van der Waals surface area contributed by atoms with Crippen LogP contribution in [0.5, 0.6) is 0 Å². The van der Waals surface area contributed by atoms with Crippen molar-refractivity contribution in [2.75, 3.05) is 12.5 Å². The number of aliphatic hydroxyl groups is 1. The van der Waals surface area contributed by atoms with Gasteiger partial charge < -0.3 is 10.00 Å². The molecule has 0 saturated carbocycles. The highest BCUT2D eigenvalue weighted by Crippen LogP contribution is 2.65. The molecule has 24 heteroatoms. The van der Waals surface area contributed by atoms with E-state index in [4.69, 9.17) is 21.6 Å². The molecule has 0 radical (unpaired) electrons. The Labute approximate surface area is 198 Å². The van der Waals surface area contributed by atoms with Crippen LogP contribution in [-0.4, -0.2) is 82.3 Å². The fourth-order valence-corrected chi connectivity index (χ4v) is 2.79. The second-order valence-electron chi connectivity index (χ2n) is 6.87. The molecule has 0 aliphatic heterocycles. The quantitative estimate of drug-likeness (QED) is 0.137. The lowest BCUT2D eigenvalue weighted by Crippen LogP contribution is -2.75. The summed E-state index contributed by atoms with van der Waals surface area (Å²) in [5.41, 5.74) is 0. The first-order valence-corrected chi connectivity index (χ1v) is 10.5. The summed E-state index contributed by atoms with van der Waals surface area (Å²) in [5, 5.41) is 8.85. The molecule has 0 amide bonds. The van der Waals surface area contributed by atoms with Gasteiger partial charge in [0.2, 0.25) is 0 Å². The molecule has 2 N–H and O–H groups in total. The van der Waals surface area contributed by atoms with E-state index in [1.807, 2.05) is 0 Å². The molecular formula is C13H11ClF17O5P. The lowest BCUT2D eigenvalue weighted by atomic mass is 9.88. The van der Waals surface area contributed by atoms with Crippen LogP contribution in [0.2, 0.25) is 0 Å². The Morgan fingerprint density at radius 2 is 1.05 bits per heavy atom. The molecule has 37 heavy (non-hydrogen) atoms. The highest BCUT2D eigenvalue weighted by molar-refractivity contribution is 7.47. The molecule has 0 aromatic carbocycles. The third-order valence-electron chi connectivity index (χ3n) is 4.09. The van der Waals surface area contributed by atoms with Crippen LogP contribution in [0.4, 0.5) is 74.6 Å². The second-order valence-corrected chi connectivity index (χ2v) is 8.55. The smallest absolute Gasteiger partial charge is 0.389 e. The first-order valence-electron chi connectivity index (χ1n) is 8.44. The van der Waals surface area contributed by atoms with Crippen molar-refractivity contribution >= 4 is 19.4 Å². The summed E-state index contributed by atoms with van der Waals surface area (Å²) in [5.74, 6) is -59.3. The number of rotatable bonds is 14. The van der Waals surface area contributed by atoms with Crippen LogP contribution >= 0.6 is 19.4 Å². The Morgan fingerprint density at radius 3 is 1.38 bits per heavy atom. The fraction of sp³-hybridized carbons (Fsp3) is 1.00. The summed E-state index contributed by atoms with van der Waals surface area (Å²) in [6.45, 7) is -2.41. The number of halogens is 18. The van der Waals surface area contributed by atoms with Gasteiger partial charge in [-0.2, -0.15) is 70.2 Å². The third kappa shape index (κ3) is 5.73. The number of hydrogen-bond donors (Lipinski definition) is 2. The van der Waals surface area contributed by atoms with Crippen molar-refractivity contribution in [3.05, 3.63) is 0 Å². The Kier molecular flexibility index (Phi) is 10.1.